The van der Waals surface area contributed by atoms with Crippen LogP contribution in [0, 0.1) is 6.92 Å². The van der Waals surface area contributed by atoms with Crippen molar-refractivity contribution in [2.75, 3.05) is 14.2 Å². The number of ether oxygens (including phenoxy) is 2. The Morgan fingerprint density at radius 1 is 1.25 bits per heavy atom. The summed E-state index contributed by atoms with van der Waals surface area (Å²) in [5.41, 5.74) is 1.78. The highest BCUT2D eigenvalue weighted by atomic mass is 19.3. The summed E-state index contributed by atoms with van der Waals surface area (Å²) < 4.78 is 34.5. The largest absolute Gasteiger partial charge is 0.352 e. The summed E-state index contributed by atoms with van der Waals surface area (Å²) in [6.45, 7) is 1.75. The molecule has 16 heavy (non-hydrogen) atoms. The number of hydrogen-bond acceptors (Lipinski definition) is 3. The van der Waals surface area contributed by atoms with E-state index in [2.05, 4.69) is 4.98 Å². The van der Waals surface area contributed by atoms with E-state index in [9.17, 15) is 8.78 Å². The number of aryl methyl sites for hydroxylation is 1. The first-order valence-electron chi connectivity index (χ1n) is 4.88. The molecule has 5 heteroatoms. The van der Waals surface area contributed by atoms with Gasteiger partial charge in [-0.2, -0.15) is 0 Å². The van der Waals surface area contributed by atoms with E-state index in [4.69, 9.17) is 9.47 Å². The van der Waals surface area contributed by atoms with Gasteiger partial charge in [-0.05, 0) is 13.0 Å². The number of nitrogens with zero attached hydrogens (tertiary/aromatic N) is 1. The molecule has 1 rings (SSSR count). The summed E-state index contributed by atoms with van der Waals surface area (Å²) in [7, 11) is 3.03. The van der Waals surface area contributed by atoms with E-state index in [0.717, 1.165) is 5.56 Å². The van der Waals surface area contributed by atoms with Gasteiger partial charge in [-0.15, -0.1) is 0 Å². The Bertz CT molecular complexity index is 341. The van der Waals surface area contributed by atoms with Crippen LogP contribution in [0.4, 0.5) is 8.78 Å². The van der Waals surface area contributed by atoms with Gasteiger partial charge < -0.3 is 9.47 Å². The maximum Gasteiger partial charge on any atom is 0.244 e. The van der Waals surface area contributed by atoms with Crippen molar-refractivity contribution in [3.8, 4) is 0 Å². The van der Waals surface area contributed by atoms with Crippen LogP contribution in [0.15, 0.2) is 12.1 Å². The van der Waals surface area contributed by atoms with Crippen molar-refractivity contribution in [2.45, 2.75) is 26.1 Å². The number of methoxy groups -OCH3 is 2. The standard InChI is InChI=1S/C11H15F2NO2/c1-7-9(11(15-2)16-3)5-4-8(14-7)6-10(12)13/h4-5,10-11H,6H2,1-3H3. The van der Waals surface area contributed by atoms with E-state index in [1.807, 2.05) is 0 Å². The molecule has 0 spiro atoms. The molecule has 0 fully saturated rings. The molecule has 0 unspecified atom stereocenters. The predicted octanol–water partition coefficient (Wildman–Crippen LogP) is 2.49. The fourth-order valence-electron chi connectivity index (χ4n) is 1.49. The lowest BCUT2D eigenvalue weighted by Crippen LogP contribution is -2.09. The number of rotatable bonds is 5. The quantitative estimate of drug-likeness (QED) is 0.729. The van der Waals surface area contributed by atoms with Gasteiger partial charge in [0.25, 0.3) is 0 Å². The third kappa shape index (κ3) is 3.21. The molecule has 0 aliphatic rings. The van der Waals surface area contributed by atoms with Crippen LogP contribution >= 0.6 is 0 Å². The van der Waals surface area contributed by atoms with Crippen molar-refractivity contribution in [3.63, 3.8) is 0 Å². The fourth-order valence-corrected chi connectivity index (χ4v) is 1.49. The third-order valence-corrected chi connectivity index (χ3v) is 2.23. The minimum atomic E-state index is -2.38. The maximum absolute atomic E-state index is 12.2. The van der Waals surface area contributed by atoms with Crippen LogP contribution < -0.4 is 0 Å². The summed E-state index contributed by atoms with van der Waals surface area (Å²) in [4.78, 5) is 4.09. The second-order valence-electron chi connectivity index (χ2n) is 3.38. The Kier molecular flexibility index (Phi) is 4.76. The van der Waals surface area contributed by atoms with Crippen molar-refractivity contribution in [1.82, 2.24) is 4.98 Å². The van der Waals surface area contributed by atoms with E-state index in [0.29, 0.717) is 11.4 Å². The second-order valence-corrected chi connectivity index (χ2v) is 3.38. The highest BCUT2D eigenvalue weighted by molar-refractivity contribution is 5.23. The Balaban J connectivity index is 2.90. The SMILES string of the molecule is COC(OC)c1ccc(CC(F)F)nc1C. The second kappa shape index (κ2) is 5.86. The highest BCUT2D eigenvalue weighted by Crippen LogP contribution is 2.20. The number of pyridine rings is 1. The van der Waals surface area contributed by atoms with Crippen LogP contribution in [0.3, 0.4) is 0 Å². The Hall–Kier alpha value is -1.07. The van der Waals surface area contributed by atoms with Crippen molar-refractivity contribution in [3.05, 3.63) is 29.1 Å². The molecule has 0 bridgehead atoms. The van der Waals surface area contributed by atoms with Gasteiger partial charge in [0.1, 0.15) is 0 Å². The smallest absolute Gasteiger partial charge is 0.244 e. The monoisotopic (exact) mass is 231 g/mol. The highest BCUT2D eigenvalue weighted by Gasteiger charge is 2.14. The van der Waals surface area contributed by atoms with Crippen molar-refractivity contribution in [2.24, 2.45) is 0 Å². The predicted molar refractivity (Wildman–Crippen MR) is 55.4 cm³/mol. The lowest BCUT2D eigenvalue weighted by atomic mass is 10.1. The fraction of sp³-hybridized carbons (Fsp3) is 0.545. The van der Waals surface area contributed by atoms with Crippen LogP contribution in [0.1, 0.15) is 23.2 Å². The number of halogens is 2. The van der Waals surface area contributed by atoms with Gasteiger partial charge >= 0.3 is 0 Å². The average Bonchev–Trinajstić information content (AvgIpc) is 2.21. The van der Waals surface area contributed by atoms with Gasteiger partial charge in [-0.3, -0.25) is 4.98 Å². The lowest BCUT2D eigenvalue weighted by molar-refractivity contribution is -0.106. The molecule has 0 saturated heterocycles. The summed E-state index contributed by atoms with van der Waals surface area (Å²) in [5, 5.41) is 0. The summed E-state index contributed by atoms with van der Waals surface area (Å²) in [5.74, 6) is 0. The number of aromatic nitrogens is 1. The van der Waals surface area contributed by atoms with Gasteiger partial charge in [0.2, 0.25) is 6.43 Å². The van der Waals surface area contributed by atoms with Crippen molar-refractivity contribution >= 4 is 0 Å². The summed E-state index contributed by atoms with van der Waals surface area (Å²) in [6.07, 6.45) is -3.21. The van der Waals surface area contributed by atoms with Crippen molar-refractivity contribution in [1.29, 1.82) is 0 Å². The number of hydrogen-bond donors (Lipinski definition) is 0. The van der Waals surface area contributed by atoms with E-state index >= 15 is 0 Å². The molecule has 0 aromatic carbocycles. The van der Waals surface area contributed by atoms with E-state index in [-0.39, 0.29) is 6.42 Å². The van der Waals surface area contributed by atoms with Gasteiger partial charge in [0, 0.05) is 31.2 Å². The molecule has 0 aliphatic heterocycles. The first-order valence-corrected chi connectivity index (χ1v) is 4.88. The molecule has 1 aromatic heterocycles. The molecule has 0 atom stereocenters. The van der Waals surface area contributed by atoms with Crippen LogP contribution in [-0.2, 0) is 15.9 Å². The van der Waals surface area contributed by atoms with Crippen LogP contribution in [-0.4, -0.2) is 25.6 Å². The lowest BCUT2D eigenvalue weighted by Gasteiger charge is -2.16. The Morgan fingerprint density at radius 3 is 2.31 bits per heavy atom. The zero-order valence-electron chi connectivity index (χ0n) is 9.54. The van der Waals surface area contributed by atoms with Gasteiger partial charge in [0.15, 0.2) is 6.29 Å². The molecule has 0 saturated carbocycles. The third-order valence-electron chi connectivity index (χ3n) is 2.23. The first-order chi connectivity index (χ1) is 7.58. The van der Waals surface area contributed by atoms with Gasteiger partial charge in [0.05, 0.1) is 6.42 Å². The Labute approximate surface area is 93.4 Å². The molecular formula is C11H15F2NO2. The molecule has 1 aromatic rings. The zero-order chi connectivity index (χ0) is 12.1. The topological polar surface area (TPSA) is 31.4 Å². The molecule has 0 N–H and O–H groups in total. The summed E-state index contributed by atoms with van der Waals surface area (Å²) in [6, 6.07) is 3.28. The van der Waals surface area contributed by atoms with Crippen LogP contribution in [0.25, 0.3) is 0 Å². The molecule has 0 aliphatic carbocycles. The minimum absolute atomic E-state index is 0.328. The Morgan fingerprint density at radius 2 is 1.88 bits per heavy atom. The van der Waals surface area contributed by atoms with E-state index in [1.54, 1.807) is 19.1 Å². The maximum atomic E-state index is 12.2. The van der Waals surface area contributed by atoms with Crippen LogP contribution in [0.5, 0.6) is 0 Å². The molecule has 90 valence electrons. The molecular weight excluding hydrogens is 216 g/mol. The molecule has 0 radical (unpaired) electrons. The number of alkyl halides is 2. The molecule has 0 amide bonds. The van der Waals surface area contributed by atoms with Gasteiger partial charge in [-0.25, -0.2) is 8.78 Å². The molecule has 1 heterocycles. The molecule has 3 nitrogen and oxygen atoms in total. The average molecular weight is 231 g/mol. The van der Waals surface area contributed by atoms with E-state index < -0.39 is 12.7 Å². The van der Waals surface area contributed by atoms with E-state index in [1.165, 1.54) is 14.2 Å². The van der Waals surface area contributed by atoms with Crippen LogP contribution in [0.2, 0.25) is 0 Å². The van der Waals surface area contributed by atoms with Gasteiger partial charge in [-0.1, -0.05) is 6.07 Å². The zero-order valence-corrected chi connectivity index (χ0v) is 9.54. The normalized spacial score (nSPS) is 11.4. The first kappa shape index (κ1) is 13.0. The van der Waals surface area contributed by atoms with Crippen molar-refractivity contribution < 1.29 is 18.3 Å². The minimum Gasteiger partial charge on any atom is -0.352 e. The summed E-state index contributed by atoms with van der Waals surface area (Å²) >= 11 is 0.